The highest BCUT2D eigenvalue weighted by atomic mass is 16.5. The van der Waals surface area contributed by atoms with Gasteiger partial charge < -0.3 is 14.6 Å². The van der Waals surface area contributed by atoms with E-state index < -0.39 is 6.10 Å². The number of hydrogen-bond acceptors (Lipinski definition) is 3. The van der Waals surface area contributed by atoms with Gasteiger partial charge in [-0.3, -0.25) is 0 Å². The molecular formula is C12H18O3. The van der Waals surface area contributed by atoms with Gasteiger partial charge in [0.15, 0.2) is 0 Å². The molecule has 1 atom stereocenters. The standard InChI is InChI=1S/C12H18O3/c1-14-7-8-15-10-12(13)9-11-5-3-2-4-6-11/h2-6,12-13H,7-10H2,1H3. The quantitative estimate of drug-likeness (QED) is 0.688. The topological polar surface area (TPSA) is 38.7 Å². The van der Waals surface area contributed by atoms with Crippen molar-refractivity contribution in [3.8, 4) is 0 Å². The van der Waals surface area contributed by atoms with Crippen LogP contribution in [-0.4, -0.2) is 38.1 Å². The zero-order chi connectivity index (χ0) is 10.9. The lowest BCUT2D eigenvalue weighted by Crippen LogP contribution is -2.19. The van der Waals surface area contributed by atoms with Gasteiger partial charge in [0.25, 0.3) is 0 Å². The highest BCUT2D eigenvalue weighted by molar-refractivity contribution is 5.15. The lowest BCUT2D eigenvalue weighted by Gasteiger charge is -2.10. The molecule has 0 saturated heterocycles. The summed E-state index contributed by atoms with van der Waals surface area (Å²) in [7, 11) is 1.63. The van der Waals surface area contributed by atoms with E-state index >= 15 is 0 Å². The summed E-state index contributed by atoms with van der Waals surface area (Å²) in [4.78, 5) is 0. The number of methoxy groups -OCH3 is 1. The van der Waals surface area contributed by atoms with E-state index in [1.54, 1.807) is 7.11 Å². The maximum absolute atomic E-state index is 9.64. The number of benzene rings is 1. The Morgan fingerprint density at radius 3 is 2.60 bits per heavy atom. The first-order valence-corrected chi connectivity index (χ1v) is 5.11. The Bertz CT molecular complexity index is 248. The molecule has 0 amide bonds. The second kappa shape index (κ2) is 7.40. The molecule has 0 aliphatic heterocycles. The van der Waals surface area contributed by atoms with E-state index in [1.165, 1.54) is 0 Å². The van der Waals surface area contributed by atoms with E-state index in [0.717, 1.165) is 5.56 Å². The summed E-state index contributed by atoms with van der Waals surface area (Å²) in [6, 6.07) is 9.89. The molecule has 84 valence electrons. The maximum atomic E-state index is 9.64. The van der Waals surface area contributed by atoms with Gasteiger partial charge in [0.1, 0.15) is 0 Å². The van der Waals surface area contributed by atoms with Crippen molar-refractivity contribution in [3.63, 3.8) is 0 Å². The molecule has 1 unspecified atom stereocenters. The van der Waals surface area contributed by atoms with Crippen LogP contribution in [0.1, 0.15) is 5.56 Å². The summed E-state index contributed by atoms with van der Waals surface area (Å²) in [5.74, 6) is 0. The number of aliphatic hydroxyl groups is 1. The average molecular weight is 210 g/mol. The Morgan fingerprint density at radius 1 is 1.20 bits per heavy atom. The second-order valence-corrected chi connectivity index (χ2v) is 3.41. The second-order valence-electron chi connectivity index (χ2n) is 3.41. The minimum Gasteiger partial charge on any atom is -0.390 e. The molecule has 1 N–H and O–H groups in total. The van der Waals surface area contributed by atoms with E-state index in [1.807, 2.05) is 30.3 Å². The van der Waals surface area contributed by atoms with Crippen LogP contribution in [0, 0.1) is 0 Å². The molecule has 0 bridgehead atoms. The fraction of sp³-hybridized carbons (Fsp3) is 0.500. The molecule has 1 aromatic rings. The van der Waals surface area contributed by atoms with Crippen molar-refractivity contribution < 1.29 is 14.6 Å². The molecule has 3 nitrogen and oxygen atoms in total. The van der Waals surface area contributed by atoms with E-state index in [9.17, 15) is 5.11 Å². The molecule has 15 heavy (non-hydrogen) atoms. The van der Waals surface area contributed by atoms with Crippen LogP contribution in [0.15, 0.2) is 30.3 Å². The minimum absolute atomic E-state index is 0.359. The summed E-state index contributed by atoms with van der Waals surface area (Å²) in [5.41, 5.74) is 1.13. The summed E-state index contributed by atoms with van der Waals surface area (Å²) in [6.45, 7) is 1.46. The van der Waals surface area contributed by atoms with Gasteiger partial charge in [0.05, 0.1) is 25.9 Å². The number of aliphatic hydroxyl groups excluding tert-OH is 1. The molecule has 0 saturated carbocycles. The van der Waals surface area contributed by atoms with Gasteiger partial charge in [0.2, 0.25) is 0 Å². The molecular weight excluding hydrogens is 192 g/mol. The lowest BCUT2D eigenvalue weighted by molar-refractivity contribution is 0.0137. The van der Waals surface area contributed by atoms with Crippen molar-refractivity contribution in [2.75, 3.05) is 26.9 Å². The van der Waals surface area contributed by atoms with Gasteiger partial charge in [-0.2, -0.15) is 0 Å². The van der Waals surface area contributed by atoms with Crippen LogP contribution < -0.4 is 0 Å². The average Bonchev–Trinajstić information content (AvgIpc) is 2.26. The molecule has 0 spiro atoms. The van der Waals surface area contributed by atoms with E-state index in [2.05, 4.69) is 0 Å². The number of hydrogen-bond donors (Lipinski definition) is 1. The Balaban J connectivity index is 2.16. The van der Waals surface area contributed by atoms with Crippen LogP contribution in [0.3, 0.4) is 0 Å². The van der Waals surface area contributed by atoms with Crippen LogP contribution in [0.25, 0.3) is 0 Å². The molecule has 0 aliphatic rings. The Kier molecular flexibility index (Phi) is 6.00. The predicted molar refractivity (Wildman–Crippen MR) is 58.8 cm³/mol. The van der Waals surface area contributed by atoms with Crippen molar-refractivity contribution in [1.29, 1.82) is 0 Å². The largest absolute Gasteiger partial charge is 0.390 e. The fourth-order valence-electron chi connectivity index (χ4n) is 1.31. The Morgan fingerprint density at radius 2 is 1.93 bits per heavy atom. The number of rotatable bonds is 7. The molecule has 0 radical (unpaired) electrons. The monoisotopic (exact) mass is 210 g/mol. The summed E-state index contributed by atoms with van der Waals surface area (Å²) < 4.78 is 10.1. The van der Waals surface area contributed by atoms with Gasteiger partial charge in [0, 0.05) is 13.5 Å². The van der Waals surface area contributed by atoms with E-state index in [0.29, 0.717) is 26.2 Å². The van der Waals surface area contributed by atoms with E-state index in [-0.39, 0.29) is 0 Å². The van der Waals surface area contributed by atoms with Gasteiger partial charge in [-0.25, -0.2) is 0 Å². The fourth-order valence-corrected chi connectivity index (χ4v) is 1.31. The Hall–Kier alpha value is -0.900. The SMILES string of the molecule is COCCOCC(O)Cc1ccccc1. The van der Waals surface area contributed by atoms with Gasteiger partial charge in [-0.1, -0.05) is 30.3 Å². The third-order valence-corrected chi connectivity index (χ3v) is 2.06. The third-order valence-electron chi connectivity index (χ3n) is 2.06. The predicted octanol–water partition coefficient (Wildman–Crippen LogP) is 1.25. The van der Waals surface area contributed by atoms with E-state index in [4.69, 9.17) is 9.47 Å². The molecule has 0 fully saturated rings. The zero-order valence-corrected chi connectivity index (χ0v) is 9.06. The van der Waals surface area contributed by atoms with Gasteiger partial charge in [-0.05, 0) is 5.56 Å². The van der Waals surface area contributed by atoms with Crippen LogP contribution in [-0.2, 0) is 15.9 Å². The number of ether oxygens (including phenoxy) is 2. The minimum atomic E-state index is -0.441. The summed E-state index contributed by atoms with van der Waals surface area (Å²) in [5, 5.41) is 9.64. The smallest absolute Gasteiger partial charge is 0.0813 e. The van der Waals surface area contributed by atoms with Gasteiger partial charge in [-0.15, -0.1) is 0 Å². The molecule has 0 aliphatic carbocycles. The Labute approximate surface area is 90.6 Å². The first kappa shape index (κ1) is 12.2. The molecule has 0 heterocycles. The van der Waals surface area contributed by atoms with Crippen molar-refractivity contribution in [2.24, 2.45) is 0 Å². The molecule has 1 aromatic carbocycles. The summed E-state index contributed by atoms with van der Waals surface area (Å²) >= 11 is 0. The first-order valence-electron chi connectivity index (χ1n) is 5.11. The van der Waals surface area contributed by atoms with Crippen molar-refractivity contribution in [1.82, 2.24) is 0 Å². The van der Waals surface area contributed by atoms with Crippen molar-refractivity contribution >= 4 is 0 Å². The highest BCUT2D eigenvalue weighted by Crippen LogP contribution is 2.03. The third kappa shape index (κ3) is 5.52. The zero-order valence-electron chi connectivity index (χ0n) is 9.06. The van der Waals surface area contributed by atoms with Crippen molar-refractivity contribution in [2.45, 2.75) is 12.5 Å². The first-order chi connectivity index (χ1) is 7.33. The van der Waals surface area contributed by atoms with Crippen LogP contribution in [0.2, 0.25) is 0 Å². The van der Waals surface area contributed by atoms with Gasteiger partial charge >= 0.3 is 0 Å². The van der Waals surface area contributed by atoms with Crippen LogP contribution >= 0.6 is 0 Å². The molecule has 1 rings (SSSR count). The molecule has 0 aromatic heterocycles. The highest BCUT2D eigenvalue weighted by Gasteiger charge is 2.04. The summed E-state index contributed by atoms with van der Waals surface area (Å²) in [6.07, 6.45) is 0.192. The molecule has 3 heteroatoms. The van der Waals surface area contributed by atoms with Crippen LogP contribution in [0.5, 0.6) is 0 Å². The maximum Gasteiger partial charge on any atom is 0.0813 e. The van der Waals surface area contributed by atoms with Crippen molar-refractivity contribution in [3.05, 3.63) is 35.9 Å². The lowest BCUT2D eigenvalue weighted by atomic mass is 10.1. The normalized spacial score (nSPS) is 12.7. The van der Waals surface area contributed by atoms with Crippen LogP contribution in [0.4, 0.5) is 0 Å².